The van der Waals surface area contributed by atoms with Gasteiger partial charge in [-0.3, -0.25) is 9.89 Å². The zero-order valence-corrected chi connectivity index (χ0v) is 18.8. The fraction of sp³-hybridized carbons (Fsp3) is 0.571. The molecule has 1 aromatic rings. The first-order valence-electron chi connectivity index (χ1n) is 9.80. The number of benzene rings is 1. The molecule has 3 rings (SSSR count). The number of hydrogen-bond acceptors (Lipinski definition) is 3. The number of hydrogen-bond donors (Lipinski definition) is 2. The van der Waals surface area contributed by atoms with Gasteiger partial charge in [-0.05, 0) is 56.5 Å². The van der Waals surface area contributed by atoms with Crippen LogP contribution in [0.1, 0.15) is 43.7 Å². The van der Waals surface area contributed by atoms with Gasteiger partial charge in [0.25, 0.3) is 0 Å². The summed E-state index contributed by atoms with van der Waals surface area (Å²) in [7, 11) is 3.56. The van der Waals surface area contributed by atoms with Crippen molar-refractivity contribution in [1.82, 2.24) is 15.5 Å². The molecule has 1 aliphatic carbocycles. The van der Waals surface area contributed by atoms with E-state index in [9.17, 15) is 0 Å². The smallest absolute Gasteiger partial charge is 0.191 e. The third-order valence-corrected chi connectivity index (χ3v) is 5.37. The third kappa shape index (κ3) is 6.38. The van der Waals surface area contributed by atoms with Crippen LogP contribution in [0.4, 0.5) is 0 Å². The fourth-order valence-corrected chi connectivity index (χ4v) is 3.83. The molecule has 1 unspecified atom stereocenters. The molecule has 1 atom stereocenters. The van der Waals surface area contributed by atoms with Crippen LogP contribution in [0.15, 0.2) is 41.4 Å². The van der Waals surface area contributed by atoms with E-state index in [0.29, 0.717) is 12.1 Å². The van der Waals surface area contributed by atoms with E-state index in [-0.39, 0.29) is 24.0 Å². The molecule has 0 amide bonds. The number of guanidine groups is 1. The molecule has 0 spiro atoms. The monoisotopic (exact) mass is 484 g/mol. The van der Waals surface area contributed by atoms with Gasteiger partial charge in [0.2, 0.25) is 0 Å². The van der Waals surface area contributed by atoms with Crippen LogP contribution in [0.3, 0.4) is 0 Å². The number of halogens is 1. The summed E-state index contributed by atoms with van der Waals surface area (Å²) in [5.41, 5.74) is 1.33. The van der Waals surface area contributed by atoms with E-state index in [1.54, 1.807) is 7.11 Å². The highest BCUT2D eigenvalue weighted by atomic mass is 127. The number of rotatable bonds is 6. The molecule has 1 heterocycles. The van der Waals surface area contributed by atoms with Gasteiger partial charge in [0, 0.05) is 19.6 Å². The first-order chi connectivity index (χ1) is 12.8. The highest BCUT2D eigenvalue weighted by Crippen LogP contribution is 2.25. The van der Waals surface area contributed by atoms with Crippen molar-refractivity contribution >= 4 is 29.9 Å². The van der Waals surface area contributed by atoms with E-state index in [2.05, 4.69) is 56.9 Å². The predicted octanol–water partition coefficient (Wildman–Crippen LogP) is 3.72. The van der Waals surface area contributed by atoms with Crippen molar-refractivity contribution in [2.45, 2.75) is 44.2 Å². The molecule has 0 bridgehead atoms. The number of nitrogens with one attached hydrogen (secondary N) is 2. The number of aliphatic imine (C=N–C) groups is 1. The number of nitrogens with zero attached hydrogens (tertiary/aromatic N) is 2. The average molecular weight is 484 g/mol. The number of likely N-dealkylation sites (tertiary alicyclic amines) is 1. The minimum Gasteiger partial charge on any atom is -0.497 e. The largest absolute Gasteiger partial charge is 0.497 e. The molecule has 2 aliphatic rings. The van der Waals surface area contributed by atoms with E-state index in [1.807, 2.05) is 7.05 Å². The standard InChI is InChI=1S/C21H32N4O.HI/c1-22-21(24-18-8-4-5-9-18)23-16-20(25-14-6-3-7-15-25)17-10-12-19(26-2)13-11-17;/h4-5,10-13,18,20H,3,6-9,14-16H2,1-2H3,(H2,22,23,24);1H. The van der Waals surface area contributed by atoms with Gasteiger partial charge in [0.1, 0.15) is 5.75 Å². The number of ether oxygens (including phenoxy) is 1. The zero-order valence-electron chi connectivity index (χ0n) is 16.5. The van der Waals surface area contributed by atoms with Crippen molar-refractivity contribution in [3.05, 3.63) is 42.0 Å². The molecule has 1 aliphatic heterocycles. The summed E-state index contributed by atoms with van der Waals surface area (Å²) in [5.74, 6) is 1.81. The maximum Gasteiger partial charge on any atom is 0.191 e. The predicted molar refractivity (Wildman–Crippen MR) is 123 cm³/mol. The topological polar surface area (TPSA) is 48.9 Å². The summed E-state index contributed by atoms with van der Waals surface area (Å²) in [4.78, 5) is 7.02. The molecule has 1 aromatic carbocycles. The van der Waals surface area contributed by atoms with Crippen LogP contribution in [0.2, 0.25) is 0 Å². The lowest BCUT2D eigenvalue weighted by Gasteiger charge is -2.35. The lowest BCUT2D eigenvalue weighted by atomic mass is 10.0. The van der Waals surface area contributed by atoms with Gasteiger partial charge in [0.15, 0.2) is 5.96 Å². The Bertz CT molecular complexity index is 603. The highest BCUT2D eigenvalue weighted by Gasteiger charge is 2.23. The molecule has 5 nitrogen and oxygen atoms in total. The summed E-state index contributed by atoms with van der Waals surface area (Å²) < 4.78 is 5.32. The summed E-state index contributed by atoms with van der Waals surface area (Å²) >= 11 is 0. The van der Waals surface area contributed by atoms with Crippen molar-refractivity contribution in [3.63, 3.8) is 0 Å². The van der Waals surface area contributed by atoms with Gasteiger partial charge < -0.3 is 15.4 Å². The Morgan fingerprint density at radius 2 is 1.81 bits per heavy atom. The average Bonchev–Trinajstić information content (AvgIpc) is 3.21. The minimum atomic E-state index is 0. The van der Waals surface area contributed by atoms with Crippen LogP contribution < -0.4 is 15.4 Å². The van der Waals surface area contributed by atoms with Crippen molar-refractivity contribution in [1.29, 1.82) is 0 Å². The Balaban J connectivity index is 0.00000261. The summed E-state index contributed by atoms with van der Waals surface area (Å²) in [6.07, 6.45) is 10.5. The van der Waals surface area contributed by atoms with Gasteiger partial charge in [-0.15, -0.1) is 24.0 Å². The molecule has 150 valence electrons. The molecule has 6 heteroatoms. The van der Waals surface area contributed by atoms with Crippen LogP contribution in [0.5, 0.6) is 5.75 Å². The van der Waals surface area contributed by atoms with Gasteiger partial charge in [-0.1, -0.05) is 30.7 Å². The Morgan fingerprint density at radius 1 is 1.15 bits per heavy atom. The minimum absolute atomic E-state index is 0. The first-order valence-corrected chi connectivity index (χ1v) is 9.80. The van der Waals surface area contributed by atoms with Crippen molar-refractivity contribution in [3.8, 4) is 5.75 Å². The van der Waals surface area contributed by atoms with E-state index >= 15 is 0 Å². The van der Waals surface area contributed by atoms with Gasteiger partial charge >= 0.3 is 0 Å². The Labute approximate surface area is 180 Å². The molecule has 27 heavy (non-hydrogen) atoms. The second-order valence-corrected chi connectivity index (χ2v) is 7.12. The Morgan fingerprint density at radius 3 is 2.41 bits per heavy atom. The summed E-state index contributed by atoms with van der Waals surface area (Å²) in [6, 6.07) is 9.32. The molecule has 1 saturated heterocycles. The van der Waals surface area contributed by atoms with Crippen LogP contribution >= 0.6 is 24.0 Å². The number of piperidine rings is 1. The van der Waals surface area contributed by atoms with Gasteiger partial charge in [-0.2, -0.15) is 0 Å². The number of methoxy groups -OCH3 is 1. The van der Waals surface area contributed by atoms with E-state index in [1.165, 1.54) is 24.8 Å². The van der Waals surface area contributed by atoms with Crippen LogP contribution in [0, 0.1) is 0 Å². The normalized spacial score (nSPS) is 19.4. The van der Waals surface area contributed by atoms with E-state index in [0.717, 1.165) is 44.2 Å². The molecular formula is C21H33IN4O. The van der Waals surface area contributed by atoms with E-state index in [4.69, 9.17) is 4.74 Å². The second kappa shape index (κ2) is 11.5. The lowest BCUT2D eigenvalue weighted by Crippen LogP contribution is -2.46. The highest BCUT2D eigenvalue weighted by molar-refractivity contribution is 14.0. The molecule has 0 radical (unpaired) electrons. The Hall–Kier alpha value is -1.28. The van der Waals surface area contributed by atoms with E-state index < -0.39 is 0 Å². The first kappa shape index (κ1) is 22.0. The molecular weight excluding hydrogens is 451 g/mol. The van der Waals surface area contributed by atoms with Crippen LogP contribution in [-0.2, 0) is 0 Å². The van der Waals surface area contributed by atoms with Crippen LogP contribution in [0.25, 0.3) is 0 Å². The maximum absolute atomic E-state index is 5.32. The zero-order chi connectivity index (χ0) is 18.2. The second-order valence-electron chi connectivity index (χ2n) is 7.12. The fourth-order valence-electron chi connectivity index (χ4n) is 3.83. The van der Waals surface area contributed by atoms with Crippen molar-refractivity contribution in [2.24, 2.45) is 4.99 Å². The molecule has 0 saturated carbocycles. The van der Waals surface area contributed by atoms with Gasteiger partial charge in [-0.25, -0.2) is 0 Å². The summed E-state index contributed by atoms with van der Waals surface area (Å²) in [5, 5.41) is 7.09. The lowest BCUT2D eigenvalue weighted by molar-refractivity contribution is 0.164. The molecule has 2 N–H and O–H groups in total. The Kier molecular flexibility index (Phi) is 9.41. The van der Waals surface area contributed by atoms with Crippen molar-refractivity contribution in [2.75, 3.05) is 33.8 Å². The maximum atomic E-state index is 5.32. The molecule has 0 aromatic heterocycles. The van der Waals surface area contributed by atoms with Crippen molar-refractivity contribution < 1.29 is 4.74 Å². The molecule has 1 fully saturated rings. The van der Waals surface area contributed by atoms with Gasteiger partial charge in [0.05, 0.1) is 13.2 Å². The SMILES string of the molecule is CN=C(NCC(c1ccc(OC)cc1)N1CCCCC1)NC1CC=CC1.I. The third-order valence-electron chi connectivity index (χ3n) is 5.37. The summed E-state index contributed by atoms with van der Waals surface area (Å²) in [6.45, 7) is 3.18. The quantitative estimate of drug-likeness (QED) is 0.280. The van der Waals surface area contributed by atoms with Crippen LogP contribution in [-0.4, -0.2) is 50.7 Å².